The summed E-state index contributed by atoms with van der Waals surface area (Å²) in [6.45, 7) is 1.24. The van der Waals surface area contributed by atoms with E-state index in [0.717, 1.165) is 5.56 Å². The summed E-state index contributed by atoms with van der Waals surface area (Å²) in [6.07, 6.45) is 0. The van der Waals surface area contributed by atoms with E-state index in [2.05, 4.69) is 15.8 Å². The highest BCUT2D eigenvalue weighted by molar-refractivity contribution is 6.05. The molecule has 0 saturated carbocycles. The van der Waals surface area contributed by atoms with Crippen LogP contribution in [0.3, 0.4) is 0 Å². The minimum absolute atomic E-state index is 0.0880. The number of rotatable bonds is 7. The van der Waals surface area contributed by atoms with Gasteiger partial charge in [0.05, 0.1) is 12.3 Å². The van der Waals surface area contributed by atoms with Gasteiger partial charge in [0.2, 0.25) is 0 Å². The summed E-state index contributed by atoms with van der Waals surface area (Å²) in [4.78, 5) is 22.8. The fourth-order valence-corrected chi connectivity index (χ4v) is 1.94. The fourth-order valence-electron chi connectivity index (χ4n) is 1.94. The first-order valence-electron chi connectivity index (χ1n) is 6.89. The van der Waals surface area contributed by atoms with Gasteiger partial charge < -0.3 is 15.7 Å². The van der Waals surface area contributed by atoms with Gasteiger partial charge >= 0.3 is 0 Å². The van der Waals surface area contributed by atoms with Crippen LogP contribution >= 0.6 is 0 Å². The average molecular weight is 299 g/mol. The van der Waals surface area contributed by atoms with Gasteiger partial charge in [-0.1, -0.05) is 24.3 Å². The fraction of sp³-hybridized carbons (Fsp3) is 0.188. The Kier molecular flexibility index (Phi) is 5.76. The number of carbonyl (C=O) groups is 1. The standard InChI is InChI=1S/C16H17N3O3/c20-10-9-17-11-12-5-7-13(8-6-12)16(21)18-14-3-1-2-4-15(14)19-22/h1-8,17,20H,9-11H2,(H,18,21). The Morgan fingerprint density at radius 2 is 1.82 bits per heavy atom. The third kappa shape index (κ3) is 4.21. The van der Waals surface area contributed by atoms with E-state index in [9.17, 15) is 9.70 Å². The molecule has 1 amide bonds. The second-order valence-electron chi connectivity index (χ2n) is 4.66. The summed E-state index contributed by atoms with van der Waals surface area (Å²) in [5.74, 6) is -0.300. The van der Waals surface area contributed by atoms with E-state index in [0.29, 0.717) is 24.3 Å². The lowest BCUT2D eigenvalue weighted by Gasteiger charge is -2.08. The maximum Gasteiger partial charge on any atom is 0.255 e. The third-order valence-corrected chi connectivity index (χ3v) is 3.08. The van der Waals surface area contributed by atoms with E-state index in [1.165, 1.54) is 0 Å². The molecular formula is C16H17N3O3. The van der Waals surface area contributed by atoms with E-state index in [1.807, 2.05) is 12.1 Å². The van der Waals surface area contributed by atoms with Crippen molar-refractivity contribution >= 4 is 17.3 Å². The molecule has 3 N–H and O–H groups in total. The molecule has 6 nitrogen and oxygen atoms in total. The molecule has 0 unspecified atom stereocenters. The van der Waals surface area contributed by atoms with Gasteiger partial charge in [0, 0.05) is 18.7 Å². The second-order valence-corrected chi connectivity index (χ2v) is 4.66. The van der Waals surface area contributed by atoms with Crippen LogP contribution in [0.15, 0.2) is 53.7 Å². The van der Waals surface area contributed by atoms with Crippen LogP contribution in [0.4, 0.5) is 11.4 Å². The number of hydrogen-bond donors (Lipinski definition) is 3. The first-order chi connectivity index (χ1) is 10.7. The highest BCUT2D eigenvalue weighted by Crippen LogP contribution is 2.24. The normalized spacial score (nSPS) is 10.2. The number of hydrogen-bond acceptors (Lipinski definition) is 5. The number of amides is 1. The van der Waals surface area contributed by atoms with E-state index >= 15 is 0 Å². The Morgan fingerprint density at radius 1 is 1.09 bits per heavy atom. The lowest BCUT2D eigenvalue weighted by atomic mass is 10.1. The number of nitroso groups, excluding NO2 is 1. The van der Waals surface area contributed by atoms with Crippen LogP contribution < -0.4 is 10.6 Å². The first-order valence-corrected chi connectivity index (χ1v) is 6.89. The van der Waals surface area contributed by atoms with Crippen molar-refractivity contribution in [1.82, 2.24) is 5.32 Å². The summed E-state index contributed by atoms with van der Waals surface area (Å²) in [5.41, 5.74) is 2.09. The topological polar surface area (TPSA) is 90.8 Å². The van der Waals surface area contributed by atoms with Crippen molar-refractivity contribution < 1.29 is 9.90 Å². The maximum absolute atomic E-state index is 12.2. The smallest absolute Gasteiger partial charge is 0.255 e. The Hall–Kier alpha value is -2.57. The molecule has 6 heteroatoms. The molecule has 2 rings (SSSR count). The summed E-state index contributed by atoms with van der Waals surface area (Å²) in [6, 6.07) is 13.7. The number of para-hydroxylation sites is 1. The van der Waals surface area contributed by atoms with Gasteiger partial charge in [-0.15, -0.1) is 4.91 Å². The van der Waals surface area contributed by atoms with Gasteiger partial charge in [0.25, 0.3) is 5.91 Å². The van der Waals surface area contributed by atoms with Crippen LogP contribution in [0.25, 0.3) is 0 Å². The Balaban J connectivity index is 2.02. The molecule has 0 heterocycles. The molecule has 22 heavy (non-hydrogen) atoms. The molecule has 0 spiro atoms. The third-order valence-electron chi connectivity index (χ3n) is 3.08. The van der Waals surface area contributed by atoms with Crippen molar-refractivity contribution in [2.24, 2.45) is 5.18 Å². The highest BCUT2D eigenvalue weighted by atomic mass is 16.3. The van der Waals surface area contributed by atoms with Crippen molar-refractivity contribution in [3.05, 3.63) is 64.6 Å². The van der Waals surface area contributed by atoms with Crippen molar-refractivity contribution in [2.75, 3.05) is 18.5 Å². The lowest BCUT2D eigenvalue weighted by Crippen LogP contribution is -2.17. The number of anilines is 1. The quantitative estimate of drug-likeness (QED) is 0.541. The van der Waals surface area contributed by atoms with Gasteiger partial charge in [0.15, 0.2) is 0 Å². The molecule has 0 bridgehead atoms. The average Bonchev–Trinajstić information content (AvgIpc) is 2.56. The molecule has 0 radical (unpaired) electrons. The molecule has 2 aromatic carbocycles. The van der Waals surface area contributed by atoms with Crippen molar-refractivity contribution in [2.45, 2.75) is 6.54 Å². The van der Waals surface area contributed by atoms with Crippen molar-refractivity contribution in [3.63, 3.8) is 0 Å². The number of nitrogens with one attached hydrogen (secondary N) is 2. The molecule has 0 aromatic heterocycles. The van der Waals surface area contributed by atoms with Crippen LogP contribution in [0.1, 0.15) is 15.9 Å². The van der Waals surface area contributed by atoms with Crippen LogP contribution in [-0.4, -0.2) is 24.2 Å². The summed E-state index contributed by atoms with van der Waals surface area (Å²) >= 11 is 0. The molecule has 0 saturated heterocycles. The van der Waals surface area contributed by atoms with Crippen LogP contribution in [0.2, 0.25) is 0 Å². The molecule has 0 aliphatic heterocycles. The molecule has 114 valence electrons. The molecule has 2 aromatic rings. The first kappa shape index (κ1) is 15.8. The summed E-state index contributed by atoms with van der Waals surface area (Å²) in [7, 11) is 0. The molecule has 0 aliphatic rings. The zero-order valence-corrected chi connectivity index (χ0v) is 12.0. The van der Waals surface area contributed by atoms with Crippen LogP contribution in [-0.2, 0) is 6.54 Å². The van der Waals surface area contributed by atoms with Gasteiger partial charge in [-0.2, -0.15) is 0 Å². The Bertz CT molecular complexity index is 641. The maximum atomic E-state index is 12.2. The van der Waals surface area contributed by atoms with Crippen molar-refractivity contribution in [1.29, 1.82) is 0 Å². The van der Waals surface area contributed by atoms with Crippen LogP contribution in [0.5, 0.6) is 0 Å². The van der Waals surface area contributed by atoms with E-state index in [4.69, 9.17) is 5.11 Å². The number of nitrogens with zero attached hydrogens (tertiary/aromatic N) is 1. The molecular weight excluding hydrogens is 282 g/mol. The number of carbonyl (C=O) groups excluding carboxylic acids is 1. The van der Waals surface area contributed by atoms with E-state index < -0.39 is 0 Å². The number of aliphatic hydroxyl groups is 1. The zero-order valence-electron chi connectivity index (χ0n) is 12.0. The van der Waals surface area contributed by atoms with Crippen molar-refractivity contribution in [3.8, 4) is 0 Å². The molecule has 0 aliphatic carbocycles. The molecule has 0 atom stereocenters. The lowest BCUT2D eigenvalue weighted by molar-refractivity contribution is 0.102. The van der Waals surface area contributed by atoms with Gasteiger partial charge in [-0.25, -0.2) is 0 Å². The highest BCUT2D eigenvalue weighted by Gasteiger charge is 2.09. The number of benzene rings is 2. The summed E-state index contributed by atoms with van der Waals surface area (Å²) in [5, 5.41) is 17.3. The van der Waals surface area contributed by atoms with Crippen LogP contribution in [0, 0.1) is 4.91 Å². The van der Waals surface area contributed by atoms with Gasteiger partial charge in [-0.3, -0.25) is 4.79 Å². The largest absolute Gasteiger partial charge is 0.395 e. The second kappa shape index (κ2) is 8.02. The zero-order chi connectivity index (χ0) is 15.8. The summed E-state index contributed by atoms with van der Waals surface area (Å²) < 4.78 is 0. The Morgan fingerprint density at radius 3 is 2.50 bits per heavy atom. The number of aliphatic hydroxyl groups excluding tert-OH is 1. The van der Waals surface area contributed by atoms with E-state index in [1.54, 1.807) is 36.4 Å². The predicted molar refractivity (Wildman–Crippen MR) is 85.1 cm³/mol. The van der Waals surface area contributed by atoms with Gasteiger partial charge in [-0.05, 0) is 35.0 Å². The van der Waals surface area contributed by atoms with Gasteiger partial charge in [0.1, 0.15) is 5.69 Å². The SMILES string of the molecule is O=Nc1ccccc1NC(=O)c1ccc(CNCCO)cc1. The Labute approximate surface area is 128 Å². The minimum Gasteiger partial charge on any atom is -0.395 e. The predicted octanol–water partition coefficient (Wildman–Crippen LogP) is 2.42. The van der Waals surface area contributed by atoms with E-state index in [-0.39, 0.29) is 18.2 Å². The minimum atomic E-state index is -0.300. The molecule has 0 fully saturated rings. The monoisotopic (exact) mass is 299 g/mol.